The van der Waals surface area contributed by atoms with E-state index in [1.54, 1.807) is 0 Å². The molecule has 0 aliphatic carbocycles. The van der Waals surface area contributed by atoms with Crippen LogP contribution in [-0.2, 0) is 0 Å². The Morgan fingerprint density at radius 2 is 2.00 bits per heavy atom. The lowest BCUT2D eigenvalue weighted by Crippen LogP contribution is -1.96. The van der Waals surface area contributed by atoms with Gasteiger partial charge in [-0.15, -0.1) is 11.6 Å². The number of nitro groups is 1. The van der Waals surface area contributed by atoms with Gasteiger partial charge in [-0.1, -0.05) is 6.07 Å². The van der Waals surface area contributed by atoms with Crippen LogP contribution in [0.25, 0.3) is 0 Å². The van der Waals surface area contributed by atoms with Crippen molar-refractivity contribution >= 4 is 17.5 Å². The van der Waals surface area contributed by atoms with Crippen LogP contribution in [-0.4, -0.2) is 4.92 Å². The third-order valence-corrected chi connectivity index (χ3v) is 2.73. The second-order valence-electron chi connectivity index (χ2n) is 3.46. The number of hydrogen-bond acceptors (Lipinski definition) is 3. The van der Waals surface area contributed by atoms with Crippen LogP contribution >= 0.6 is 11.6 Å². The van der Waals surface area contributed by atoms with Gasteiger partial charge in [0.25, 0.3) is 0 Å². The van der Waals surface area contributed by atoms with Gasteiger partial charge in [-0.3, -0.25) is 10.1 Å². The molecule has 1 aromatic heterocycles. The molecular weight excluding hydrogens is 268 g/mol. The van der Waals surface area contributed by atoms with Crippen LogP contribution in [0.1, 0.15) is 16.7 Å². The summed E-state index contributed by atoms with van der Waals surface area (Å²) in [5, 5.41) is 9.37. The third-order valence-electron chi connectivity index (χ3n) is 2.28. The molecule has 1 heterocycles. The molecule has 1 aromatic carbocycles. The quantitative estimate of drug-likeness (QED) is 0.485. The molecule has 0 saturated carbocycles. The zero-order chi connectivity index (χ0) is 13.3. The minimum Gasteiger partial charge on any atom is -0.404 e. The molecule has 0 aliphatic heterocycles. The Hall–Kier alpha value is -1.95. The van der Waals surface area contributed by atoms with Crippen LogP contribution in [0.2, 0.25) is 0 Å². The molecule has 0 aliphatic rings. The molecule has 7 heteroatoms. The van der Waals surface area contributed by atoms with E-state index >= 15 is 0 Å². The summed E-state index contributed by atoms with van der Waals surface area (Å²) >= 11 is 5.93. The minimum atomic E-state index is -1.06. The van der Waals surface area contributed by atoms with E-state index in [-0.39, 0.29) is 11.3 Å². The average Bonchev–Trinajstić information content (AvgIpc) is 2.77. The van der Waals surface area contributed by atoms with Gasteiger partial charge in [-0.05, 0) is 12.1 Å². The molecule has 94 valence electrons. The highest BCUT2D eigenvalue weighted by Crippen LogP contribution is 2.33. The Balaban J connectivity index is 2.35. The van der Waals surface area contributed by atoms with Gasteiger partial charge in [-0.25, -0.2) is 8.78 Å². The SMILES string of the molecule is O=[N+]([O-])c1ccc(C(Cl)c2ccc(F)cc2F)o1. The van der Waals surface area contributed by atoms with E-state index in [0.717, 1.165) is 18.2 Å². The molecule has 0 fully saturated rings. The zero-order valence-electron chi connectivity index (χ0n) is 8.77. The van der Waals surface area contributed by atoms with Gasteiger partial charge in [0.15, 0.2) is 0 Å². The van der Waals surface area contributed by atoms with Crippen LogP contribution in [0, 0.1) is 21.7 Å². The molecule has 0 saturated heterocycles. The molecule has 4 nitrogen and oxygen atoms in total. The van der Waals surface area contributed by atoms with Crippen molar-refractivity contribution in [3.05, 3.63) is 63.4 Å². The fraction of sp³-hybridized carbons (Fsp3) is 0.0909. The molecular formula is C11H6ClF2NO3. The van der Waals surface area contributed by atoms with Crippen LogP contribution in [0.15, 0.2) is 34.7 Å². The summed E-state index contributed by atoms with van der Waals surface area (Å²) < 4.78 is 31.0. The monoisotopic (exact) mass is 273 g/mol. The summed E-state index contributed by atoms with van der Waals surface area (Å²) in [5.74, 6) is -2.04. The standard InChI is InChI=1S/C11H6ClF2NO3/c12-11(7-2-1-6(13)5-8(7)14)9-3-4-10(18-9)15(16)17/h1-5,11H. The lowest BCUT2D eigenvalue weighted by atomic mass is 10.1. The number of nitrogens with zero attached hydrogens (tertiary/aromatic N) is 1. The van der Waals surface area contributed by atoms with Gasteiger partial charge >= 0.3 is 5.88 Å². The number of benzene rings is 1. The maximum Gasteiger partial charge on any atom is 0.433 e. The highest BCUT2D eigenvalue weighted by Gasteiger charge is 2.22. The average molecular weight is 274 g/mol. The van der Waals surface area contributed by atoms with E-state index in [2.05, 4.69) is 0 Å². The van der Waals surface area contributed by atoms with Crippen molar-refractivity contribution in [2.45, 2.75) is 5.38 Å². The van der Waals surface area contributed by atoms with Gasteiger partial charge in [0.05, 0.1) is 6.07 Å². The molecule has 0 spiro atoms. The smallest absolute Gasteiger partial charge is 0.404 e. The lowest BCUT2D eigenvalue weighted by Gasteiger charge is -2.07. The van der Waals surface area contributed by atoms with Gasteiger partial charge < -0.3 is 4.42 Å². The van der Waals surface area contributed by atoms with Crippen molar-refractivity contribution in [2.75, 3.05) is 0 Å². The summed E-state index contributed by atoms with van der Waals surface area (Å²) in [5.41, 5.74) is -0.0117. The molecule has 2 aromatic rings. The van der Waals surface area contributed by atoms with Gasteiger partial charge in [-0.2, -0.15) is 0 Å². The van der Waals surface area contributed by atoms with E-state index in [4.69, 9.17) is 16.0 Å². The van der Waals surface area contributed by atoms with Gasteiger partial charge in [0, 0.05) is 11.6 Å². The first kappa shape index (κ1) is 12.5. The largest absolute Gasteiger partial charge is 0.433 e. The predicted molar refractivity (Wildman–Crippen MR) is 59.4 cm³/mol. The van der Waals surface area contributed by atoms with Crippen LogP contribution in [0.5, 0.6) is 0 Å². The number of alkyl halides is 1. The molecule has 18 heavy (non-hydrogen) atoms. The fourth-order valence-electron chi connectivity index (χ4n) is 1.44. The Labute approximate surface area is 105 Å². The molecule has 1 unspecified atom stereocenters. The Bertz CT molecular complexity index is 600. The maximum atomic E-state index is 13.5. The van der Waals surface area contributed by atoms with Crippen molar-refractivity contribution < 1.29 is 18.1 Å². The van der Waals surface area contributed by atoms with Crippen molar-refractivity contribution in [3.63, 3.8) is 0 Å². The number of rotatable bonds is 3. The van der Waals surface area contributed by atoms with E-state index < -0.39 is 27.8 Å². The van der Waals surface area contributed by atoms with E-state index in [0.29, 0.717) is 6.07 Å². The van der Waals surface area contributed by atoms with E-state index in [1.807, 2.05) is 0 Å². The highest BCUT2D eigenvalue weighted by molar-refractivity contribution is 6.22. The van der Waals surface area contributed by atoms with Crippen molar-refractivity contribution in [1.29, 1.82) is 0 Å². The second-order valence-corrected chi connectivity index (χ2v) is 3.90. The molecule has 0 bridgehead atoms. The van der Waals surface area contributed by atoms with Crippen molar-refractivity contribution in [1.82, 2.24) is 0 Å². The third kappa shape index (κ3) is 2.33. The predicted octanol–water partition coefficient (Wildman–Crippen LogP) is 3.79. The summed E-state index contributed by atoms with van der Waals surface area (Å²) in [4.78, 5) is 9.70. The van der Waals surface area contributed by atoms with Crippen LogP contribution in [0.4, 0.5) is 14.7 Å². The normalized spacial score (nSPS) is 12.4. The van der Waals surface area contributed by atoms with Crippen LogP contribution < -0.4 is 0 Å². The Kier molecular flexibility index (Phi) is 3.29. The lowest BCUT2D eigenvalue weighted by molar-refractivity contribution is -0.402. The number of halogens is 3. The summed E-state index contributed by atoms with van der Waals surface area (Å²) in [7, 11) is 0. The van der Waals surface area contributed by atoms with Crippen LogP contribution in [0.3, 0.4) is 0 Å². The topological polar surface area (TPSA) is 56.3 Å². The number of hydrogen-bond donors (Lipinski definition) is 0. The minimum absolute atomic E-state index is 0.0117. The van der Waals surface area contributed by atoms with Crippen molar-refractivity contribution in [2.24, 2.45) is 0 Å². The molecule has 1 atom stereocenters. The Morgan fingerprint density at radius 1 is 1.28 bits per heavy atom. The fourth-order valence-corrected chi connectivity index (χ4v) is 1.73. The Morgan fingerprint density at radius 3 is 2.56 bits per heavy atom. The summed E-state index contributed by atoms with van der Waals surface area (Å²) in [6.45, 7) is 0. The summed E-state index contributed by atoms with van der Waals surface area (Å²) in [6, 6.07) is 5.29. The molecule has 0 amide bonds. The first-order valence-electron chi connectivity index (χ1n) is 4.82. The summed E-state index contributed by atoms with van der Waals surface area (Å²) in [6.07, 6.45) is 0. The van der Waals surface area contributed by atoms with E-state index in [9.17, 15) is 18.9 Å². The van der Waals surface area contributed by atoms with Crippen molar-refractivity contribution in [3.8, 4) is 0 Å². The first-order chi connectivity index (χ1) is 8.49. The first-order valence-corrected chi connectivity index (χ1v) is 5.26. The van der Waals surface area contributed by atoms with E-state index in [1.165, 1.54) is 6.07 Å². The zero-order valence-corrected chi connectivity index (χ0v) is 9.53. The maximum absolute atomic E-state index is 13.5. The second kappa shape index (κ2) is 4.73. The molecule has 0 N–H and O–H groups in total. The molecule has 0 radical (unpaired) electrons. The van der Waals surface area contributed by atoms with Gasteiger partial charge in [0.1, 0.15) is 27.7 Å². The number of furan rings is 1. The van der Waals surface area contributed by atoms with Gasteiger partial charge in [0.2, 0.25) is 0 Å². The highest BCUT2D eigenvalue weighted by atomic mass is 35.5. The molecule has 2 rings (SSSR count).